The molecule has 1 atom stereocenters. The lowest BCUT2D eigenvalue weighted by molar-refractivity contribution is 0.145. The molecular formula is C16H33BrOSi. The monoisotopic (exact) mass is 348 g/mol. The Balaban J connectivity index is 2.38. The molecule has 19 heavy (non-hydrogen) atoms. The van der Waals surface area contributed by atoms with Gasteiger partial charge in [-0.15, -0.1) is 0 Å². The van der Waals surface area contributed by atoms with Gasteiger partial charge in [-0.3, -0.25) is 0 Å². The van der Waals surface area contributed by atoms with Crippen LogP contribution in [0.4, 0.5) is 0 Å². The molecule has 0 amide bonds. The molecule has 0 aromatic heterocycles. The molecule has 1 aliphatic carbocycles. The Bertz CT molecular complexity index is 264. The topological polar surface area (TPSA) is 9.23 Å². The third-order valence-corrected chi connectivity index (χ3v) is 10.7. The Morgan fingerprint density at radius 1 is 1.11 bits per heavy atom. The predicted octanol–water partition coefficient (Wildman–Crippen LogP) is 5.99. The molecule has 1 aliphatic rings. The van der Waals surface area contributed by atoms with Gasteiger partial charge >= 0.3 is 0 Å². The maximum atomic E-state index is 6.49. The van der Waals surface area contributed by atoms with E-state index >= 15 is 0 Å². The van der Waals surface area contributed by atoms with Crippen LogP contribution in [-0.2, 0) is 4.43 Å². The summed E-state index contributed by atoms with van der Waals surface area (Å²) >= 11 is 3.62. The zero-order chi connectivity index (χ0) is 14.7. The second-order valence-corrected chi connectivity index (χ2v) is 13.4. The summed E-state index contributed by atoms with van der Waals surface area (Å²) in [4.78, 5) is 0. The summed E-state index contributed by atoms with van der Waals surface area (Å²) in [6, 6.07) is 0. The number of hydrogen-bond acceptors (Lipinski definition) is 1. The lowest BCUT2D eigenvalue weighted by Crippen LogP contribution is -2.43. The largest absolute Gasteiger partial charge is 0.414 e. The fraction of sp³-hybridized carbons (Fsp3) is 1.00. The van der Waals surface area contributed by atoms with Crippen LogP contribution in [0.5, 0.6) is 0 Å². The summed E-state index contributed by atoms with van der Waals surface area (Å²) < 4.78 is 6.49. The Labute approximate surface area is 130 Å². The molecule has 0 aliphatic heterocycles. The summed E-state index contributed by atoms with van der Waals surface area (Å²) in [6.45, 7) is 14.0. The van der Waals surface area contributed by atoms with Crippen LogP contribution in [0.15, 0.2) is 0 Å². The highest BCUT2D eigenvalue weighted by Gasteiger charge is 2.38. The van der Waals surface area contributed by atoms with Crippen LogP contribution in [0.3, 0.4) is 0 Å². The van der Waals surface area contributed by atoms with E-state index in [0.29, 0.717) is 11.1 Å². The van der Waals surface area contributed by atoms with Crippen LogP contribution in [0, 0.1) is 11.8 Å². The zero-order valence-corrected chi connectivity index (χ0v) is 16.3. The maximum Gasteiger partial charge on any atom is 0.192 e. The molecule has 0 heterocycles. The molecule has 1 saturated carbocycles. The van der Waals surface area contributed by atoms with E-state index in [1.807, 2.05) is 0 Å². The minimum absolute atomic E-state index is 0.328. The first-order valence-electron chi connectivity index (χ1n) is 7.89. The van der Waals surface area contributed by atoms with Gasteiger partial charge in [0.25, 0.3) is 0 Å². The zero-order valence-electron chi connectivity index (χ0n) is 13.8. The van der Waals surface area contributed by atoms with E-state index in [4.69, 9.17) is 4.43 Å². The standard InChI is InChI=1S/C16H33BrOSi/c1-13(18-19(5,6)16(2,3)4)11-14-7-9-15(12-17)10-8-14/h13-15H,7-12H2,1-6H3. The van der Waals surface area contributed by atoms with Gasteiger partial charge in [-0.25, -0.2) is 0 Å². The van der Waals surface area contributed by atoms with Gasteiger partial charge in [0.15, 0.2) is 8.32 Å². The molecule has 1 rings (SSSR count). The summed E-state index contributed by atoms with van der Waals surface area (Å²) in [5, 5.41) is 1.52. The highest BCUT2D eigenvalue weighted by atomic mass is 79.9. The molecule has 0 aromatic carbocycles. The Kier molecular flexibility index (Phi) is 6.60. The van der Waals surface area contributed by atoms with Gasteiger partial charge in [-0.2, -0.15) is 0 Å². The molecule has 0 N–H and O–H groups in total. The molecule has 1 nitrogen and oxygen atoms in total. The Hall–Kier alpha value is 0.657. The van der Waals surface area contributed by atoms with Crippen LogP contribution < -0.4 is 0 Å². The van der Waals surface area contributed by atoms with Crippen molar-refractivity contribution < 1.29 is 4.43 Å². The first-order valence-corrected chi connectivity index (χ1v) is 11.9. The second kappa shape index (κ2) is 7.08. The van der Waals surface area contributed by atoms with E-state index in [2.05, 4.69) is 56.7 Å². The fourth-order valence-corrected chi connectivity index (χ4v) is 4.92. The van der Waals surface area contributed by atoms with Crippen LogP contribution in [-0.4, -0.2) is 19.8 Å². The van der Waals surface area contributed by atoms with Crippen LogP contribution >= 0.6 is 15.9 Å². The van der Waals surface area contributed by atoms with Crippen molar-refractivity contribution in [1.82, 2.24) is 0 Å². The maximum absolute atomic E-state index is 6.49. The second-order valence-electron chi connectivity index (χ2n) is 7.97. The molecule has 0 bridgehead atoms. The van der Waals surface area contributed by atoms with Crippen LogP contribution in [0.2, 0.25) is 18.1 Å². The molecular weight excluding hydrogens is 316 g/mol. The third kappa shape index (κ3) is 5.51. The van der Waals surface area contributed by atoms with Crippen molar-refractivity contribution in [2.45, 2.75) is 84.0 Å². The average Bonchev–Trinajstić information content (AvgIpc) is 2.27. The molecule has 114 valence electrons. The first-order chi connectivity index (χ1) is 8.65. The molecule has 0 spiro atoms. The van der Waals surface area contributed by atoms with Crippen LogP contribution in [0.25, 0.3) is 0 Å². The number of rotatable bonds is 5. The third-order valence-electron chi connectivity index (χ3n) is 5.15. The molecule has 0 radical (unpaired) electrons. The van der Waals surface area contributed by atoms with E-state index in [-0.39, 0.29) is 0 Å². The smallest absolute Gasteiger partial charge is 0.192 e. The van der Waals surface area contributed by atoms with Crippen molar-refractivity contribution in [1.29, 1.82) is 0 Å². The fourth-order valence-electron chi connectivity index (χ4n) is 2.82. The SMILES string of the molecule is CC(CC1CCC(CBr)CC1)O[Si](C)(C)C(C)(C)C. The quantitative estimate of drug-likeness (QED) is 0.438. The Morgan fingerprint density at radius 3 is 2.00 bits per heavy atom. The number of hydrogen-bond donors (Lipinski definition) is 0. The van der Waals surface area contributed by atoms with E-state index in [1.165, 1.54) is 37.4 Å². The summed E-state index contributed by atoms with van der Waals surface area (Å²) in [6.07, 6.45) is 7.32. The van der Waals surface area contributed by atoms with Gasteiger partial charge in [0, 0.05) is 11.4 Å². The number of halogens is 1. The molecule has 0 saturated heterocycles. The number of alkyl halides is 1. The summed E-state index contributed by atoms with van der Waals surface area (Å²) in [5.41, 5.74) is 0. The average molecular weight is 349 g/mol. The highest BCUT2D eigenvalue weighted by molar-refractivity contribution is 9.09. The molecule has 1 fully saturated rings. The Morgan fingerprint density at radius 2 is 1.58 bits per heavy atom. The van der Waals surface area contributed by atoms with Crippen molar-refractivity contribution in [3.05, 3.63) is 0 Å². The molecule has 1 unspecified atom stereocenters. The minimum atomic E-state index is -1.58. The van der Waals surface area contributed by atoms with Gasteiger partial charge in [-0.1, -0.05) is 49.5 Å². The van der Waals surface area contributed by atoms with Crippen molar-refractivity contribution in [2.24, 2.45) is 11.8 Å². The lowest BCUT2D eigenvalue weighted by Gasteiger charge is -2.39. The highest BCUT2D eigenvalue weighted by Crippen LogP contribution is 2.39. The van der Waals surface area contributed by atoms with Crippen molar-refractivity contribution in [2.75, 3.05) is 5.33 Å². The van der Waals surface area contributed by atoms with Crippen LogP contribution in [0.1, 0.15) is 59.8 Å². The molecule has 3 heteroatoms. The summed E-state index contributed by atoms with van der Waals surface area (Å²) in [7, 11) is -1.58. The summed E-state index contributed by atoms with van der Waals surface area (Å²) in [5.74, 6) is 1.82. The van der Waals surface area contributed by atoms with E-state index in [9.17, 15) is 0 Å². The van der Waals surface area contributed by atoms with E-state index in [0.717, 1.165) is 11.8 Å². The van der Waals surface area contributed by atoms with Crippen molar-refractivity contribution in [3.8, 4) is 0 Å². The predicted molar refractivity (Wildman–Crippen MR) is 91.6 cm³/mol. The van der Waals surface area contributed by atoms with E-state index < -0.39 is 8.32 Å². The normalized spacial score (nSPS) is 27.3. The van der Waals surface area contributed by atoms with Gasteiger partial charge in [0.05, 0.1) is 0 Å². The van der Waals surface area contributed by atoms with Gasteiger partial charge in [0.1, 0.15) is 0 Å². The first kappa shape index (κ1) is 17.7. The van der Waals surface area contributed by atoms with Crippen molar-refractivity contribution >= 4 is 24.2 Å². The minimum Gasteiger partial charge on any atom is -0.414 e. The molecule has 0 aromatic rings. The van der Waals surface area contributed by atoms with Gasteiger partial charge in [0.2, 0.25) is 0 Å². The lowest BCUT2D eigenvalue weighted by atomic mass is 9.80. The van der Waals surface area contributed by atoms with E-state index in [1.54, 1.807) is 0 Å². The van der Waals surface area contributed by atoms with Crippen molar-refractivity contribution in [3.63, 3.8) is 0 Å². The van der Waals surface area contributed by atoms with Gasteiger partial charge < -0.3 is 4.43 Å². The van der Waals surface area contributed by atoms with Gasteiger partial charge in [-0.05, 0) is 56.2 Å².